The van der Waals surface area contributed by atoms with Gasteiger partial charge < -0.3 is 5.21 Å². The number of aromatic nitrogens is 1. The van der Waals surface area contributed by atoms with E-state index in [1.807, 2.05) is 30.3 Å². The Morgan fingerprint density at radius 1 is 1.26 bits per heavy atom. The van der Waals surface area contributed by atoms with Crippen molar-refractivity contribution in [3.8, 4) is 11.5 Å². The van der Waals surface area contributed by atoms with Gasteiger partial charge in [0.05, 0.1) is 11.7 Å². The summed E-state index contributed by atoms with van der Waals surface area (Å²) in [4.78, 5) is 4.54. The van der Waals surface area contributed by atoms with Crippen molar-refractivity contribution in [2.24, 2.45) is 5.16 Å². The minimum Gasteiger partial charge on any atom is -0.411 e. The van der Waals surface area contributed by atoms with Gasteiger partial charge in [0, 0.05) is 10.9 Å². The van der Waals surface area contributed by atoms with Crippen LogP contribution < -0.4 is 0 Å². The molecule has 0 bridgehead atoms. The predicted octanol–water partition coefficient (Wildman–Crippen LogP) is 3.27. The van der Waals surface area contributed by atoms with Gasteiger partial charge in [-0.1, -0.05) is 48.9 Å². The normalized spacial score (nSPS) is 11.5. The molecule has 0 atom stereocenters. The van der Waals surface area contributed by atoms with E-state index in [-0.39, 0.29) is 0 Å². The number of hydrogen-bond donors (Lipinski definition) is 1. The molecule has 0 spiro atoms. The van der Waals surface area contributed by atoms with Crippen LogP contribution in [0, 0.1) is 11.5 Å². The molecule has 0 amide bonds. The van der Waals surface area contributed by atoms with Crippen molar-refractivity contribution < 1.29 is 5.21 Å². The molecular formula is C15H16N2OSi. The third kappa shape index (κ3) is 3.43. The molecule has 1 heterocycles. The molecule has 96 valence electrons. The highest BCUT2D eigenvalue weighted by Crippen LogP contribution is 2.15. The highest BCUT2D eigenvalue weighted by Gasteiger charge is 2.09. The number of nitrogens with zero attached hydrogens (tertiary/aromatic N) is 2. The van der Waals surface area contributed by atoms with Crippen molar-refractivity contribution in [1.29, 1.82) is 0 Å². The number of pyridine rings is 1. The lowest BCUT2D eigenvalue weighted by atomic mass is 10.1. The van der Waals surface area contributed by atoms with E-state index in [9.17, 15) is 0 Å². The van der Waals surface area contributed by atoms with Crippen LogP contribution in [0.1, 0.15) is 11.3 Å². The standard InChI is InChI=1S/C15H16N2OSi/c1-19(2,3)9-8-15-13(11-16-18)10-12-6-4-5-7-14(12)17-15/h4-7,10-11,18H,1-3H3/b16-11+. The maximum absolute atomic E-state index is 8.75. The summed E-state index contributed by atoms with van der Waals surface area (Å²) in [6.45, 7) is 6.54. The maximum Gasteiger partial charge on any atom is 0.129 e. The van der Waals surface area contributed by atoms with Crippen LogP contribution in [0.15, 0.2) is 35.5 Å². The highest BCUT2D eigenvalue weighted by molar-refractivity contribution is 6.83. The lowest BCUT2D eigenvalue weighted by molar-refractivity contribution is 0.322. The number of rotatable bonds is 1. The van der Waals surface area contributed by atoms with Crippen molar-refractivity contribution in [2.75, 3.05) is 0 Å². The summed E-state index contributed by atoms with van der Waals surface area (Å²) in [6.07, 6.45) is 1.38. The van der Waals surface area contributed by atoms with Crippen LogP contribution >= 0.6 is 0 Å². The SMILES string of the molecule is C[Si](C)(C)C#Cc1nc2ccccc2cc1/C=N/O. The molecule has 2 aromatic rings. The second kappa shape index (κ2) is 5.25. The molecule has 0 saturated heterocycles. The van der Waals surface area contributed by atoms with E-state index < -0.39 is 8.07 Å². The lowest BCUT2D eigenvalue weighted by Crippen LogP contribution is -2.16. The Morgan fingerprint density at radius 2 is 2.00 bits per heavy atom. The van der Waals surface area contributed by atoms with Crippen molar-refractivity contribution in [2.45, 2.75) is 19.6 Å². The highest BCUT2D eigenvalue weighted by atomic mass is 28.3. The Labute approximate surface area is 114 Å². The molecule has 0 aliphatic carbocycles. The topological polar surface area (TPSA) is 45.5 Å². The first kappa shape index (κ1) is 13.3. The van der Waals surface area contributed by atoms with Crippen molar-refractivity contribution in [3.63, 3.8) is 0 Å². The van der Waals surface area contributed by atoms with E-state index >= 15 is 0 Å². The fourth-order valence-corrected chi connectivity index (χ4v) is 2.13. The summed E-state index contributed by atoms with van der Waals surface area (Å²) in [5, 5.41) is 12.9. The van der Waals surface area contributed by atoms with Gasteiger partial charge >= 0.3 is 0 Å². The molecule has 2 rings (SSSR count). The first-order chi connectivity index (χ1) is 8.99. The van der Waals surface area contributed by atoms with E-state index in [4.69, 9.17) is 5.21 Å². The van der Waals surface area contributed by atoms with Crippen LogP contribution in [0.25, 0.3) is 10.9 Å². The largest absolute Gasteiger partial charge is 0.411 e. The summed E-state index contributed by atoms with van der Waals surface area (Å²) < 4.78 is 0. The zero-order valence-electron chi connectivity index (χ0n) is 11.3. The van der Waals surface area contributed by atoms with E-state index in [0.29, 0.717) is 5.69 Å². The molecule has 3 nitrogen and oxygen atoms in total. The van der Waals surface area contributed by atoms with Gasteiger partial charge in [0.15, 0.2) is 0 Å². The Balaban J connectivity index is 2.62. The Bertz CT molecular complexity index is 691. The van der Waals surface area contributed by atoms with Gasteiger partial charge in [-0.15, -0.1) is 5.54 Å². The minimum atomic E-state index is -1.46. The predicted molar refractivity (Wildman–Crippen MR) is 81.3 cm³/mol. The third-order valence-corrected chi connectivity index (χ3v) is 3.38. The fourth-order valence-electron chi connectivity index (χ4n) is 1.64. The molecule has 4 heteroatoms. The Hall–Kier alpha value is -2.12. The van der Waals surface area contributed by atoms with Gasteiger partial charge in [-0.25, -0.2) is 4.98 Å². The van der Waals surface area contributed by atoms with Gasteiger partial charge in [-0.05, 0) is 12.1 Å². The van der Waals surface area contributed by atoms with Crippen LogP contribution in [0.3, 0.4) is 0 Å². The molecule has 0 saturated carbocycles. The molecule has 0 unspecified atom stereocenters. The van der Waals surface area contributed by atoms with Gasteiger partial charge in [-0.2, -0.15) is 0 Å². The van der Waals surface area contributed by atoms with Crippen LogP contribution in [0.2, 0.25) is 19.6 Å². The smallest absolute Gasteiger partial charge is 0.129 e. The zero-order valence-corrected chi connectivity index (χ0v) is 12.3. The number of para-hydroxylation sites is 1. The van der Waals surface area contributed by atoms with Crippen molar-refractivity contribution >= 4 is 25.2 Å². The van der Waals surface area contributed by atoms with E-state index in [2.05, 4.69) is 41.2 Å². The summed E-state index contributed by atoms with van der Waals surface area (Å²) >= 11 is 0. The molecule has 0 fully saturated rings. The molecule has 19 heavy (non-hydrogen) atoms. The van der Waals surface area contributed by atoms with Gasteiger partial charge in [0.25, 0.3) is 0 Å². The van der Waals surface area contributed by atoms with Crippen LogP contribution in [-0.4, -0.2) is 24.5 Å². The number of benzene rings is 1. The molecule has 0 radical (unpaired) electrons. The van der Waals surface area contributed by atoms with Crippen LogP contribution in [0.5, 0.6) is 0 Å². The second-order valence-electron chi connectivity index (χ2n) is 5.36. The van der Waals surface area contributed by atoms with Gasteiger partial charge in [-0.3, -0.25) is 0 Å². The number of fused-ring (bicyclic) bond motifs is 1. The van der Waals surface area contributed by atoms with Crippen LogP contribution in [0.4, 0.5) is 0 Å². The fraction of sp³-hybridized carbons (Fsp3) is 0.200. The second-order valence-corrected chi connectivity index (χ2v) is 10.1. The molecule has 0 aliphatic heterocycles. The molecule has 1 aromatic heterocycles. The maximum atomic E-state index is 8.75. The first-order valence-electron chi connectivity index (χ1n) is 6.10. The van der Waals surface area contributed by atoms with Crippen LogP contribution in [-0.2, 0) is 0 Å². The lowest BCUT2D eigenvalue weighted by Gasteiger charge is -2.05. The monoisotopic (exact) mass is 268 g/mol. The molecule has 1 aromatic carbocycles. The van der Waals surface area contributed by atoms with E-state index in [1.54, 1.807) is 0 Å². The first-order valence-corrected chi connectivity index (χ1v) is 9.60. The quantitative estimate of drug-likeness (QED) is 0.284. The van der Waals surface area contributed by atoms with Crippen molar-refractivity contribution in [1.82, 2.24) is 4.98 Å². The van der Waals surface area contributed by atoms with Gasteiger partial charge in [0.1, 0.15) is 13.8 Å². The number of oxime groups is 1. The van der Waals surface area contributed by atoms with Gasteiger partial charge in [0.2, 0.25) is 0 Å². The Morgan fingerprint density at radius 3 is 2.68 bits per heavy atom. The molecule has 0 aliphatic rings. The molecular weight excluding hydrogens is 252 g/mol. The summed E-state index contributed by atoms with van der Waals surface area (Å²) in [5.41, 5.74) is 5.59. The average molecular weight is 268 g/mol. The van der Waals surface area contributed by atoms with E-state index in [0.717, 1.165) is 16.5 Å². The van der Waals surface area contributed by atoms with E-state index in [1.165, 1.54) is 6.21 Å². The zero-order chi connectivity index (χ0) is 13.9. The summed E-state index contributed by atoms with van der Waals surface area (Å²) in [5.74, 6) is 3.13. The average Bonchev–Trinajstić information content (AvgIpc) is 2.35. The van der Waals surface area contributed by atoms with Crippen molar-refractivity contribution in [3.05, 3.63) is 41.6 Å². The summed E-state index contributed by atoms with van der Waals surface area (Å²) in [7, 11) is -1.46. The molecule has 1 N–H and O–H groups in total. The minimum absolute atomic E-state index is 0.666. The Kier molecular flexibility index (Phi) is 3.68. The number of hydrogen-bond acceptors (Lipinski definition) is 3. The summed E-state index contributed by atoms with van der Waals surface area (Å²) in [6, 6.07) is 9.78. The third-order valence-electron chi connectivity index (χ3n) is 2.51.